The van der Waals surface area contributed by atoms with E-state index in [4.69, 9.17) is 10.5 Å². The second-order valence-corrected chi connectivity index (χ2v) is 6.54. The van der Waals surface area contributed by atoms with Crippen molar-refractivity contribution < 1.29 is 4.74 Å². The molecule has 2 N–H and O–H groups in total. The second kappa shape index (κ2) is 5.13. The van der Waals surface area contributed by atoms with E-state index in [9.17, 15) is 0 Å². The van der Waals surface area contributed by atoms with Crippen LogP contribution in [0.25, 0.3) is 0 Å². The molecule has 3 aliphatic rings. The maximum Gasteiger partial charge on any atom is 0.0951 e. The van der Waals surface area contributed by atoms with Gasteiger partial charge in [-0.15, -0.1) is 0 Å². The number of ether oxygens (including phenoxy) is 1. The number of nitrogens with zero attached hydrogens (tertiary/aromatic N) is 3. The Morgan fingerprint density at radius 3 is 2.90 bits per heavy atom. The normalized spacial score (nSPS) is 32.9. The molecular weight excluding hydrogens is 252 g/mol. The van der Waals surface area contributed by atoms with E-state index in [2.05, 4.69) is 14.5 Å². The molecule has 3 atom stereocenters. The van der Waals surface area contributed by atoms with Gasteiger partial charge < -0.3 is 15.0 Å². The Labute approximate surface area is 120 Å². The summed E-state index contributed by atoms with van der Waals surface area (Å²) in [5, 5.41) is 0. The predicted octanol–water partition coefficient (Wildman–Crippen LogP) is 1.33. The number of hydrogen-bond donors (Lipinski definition) is 1. The van der Waals surface area contributed by atoms with Crippen LogP contribution in [0, 0.1) is 5.92 Å². The standard InChI is InChI=1S/C15H24N4O/c16-15(11-4-6-20-9-11)14-7-17-10-19(14)13-3-5-18(8-13)12-1-2-12/h7,10-13,15H,1-6,8-9,16H2. The lowest BCUT2D eigenvalue weighted by molar-refractivity contribution is 0.180. The molecule has 1 aliphatic carbocycles. The lowest BCUT2D eigenvalue weighted by Gasteiger charge is -2.23. The van der Waals surface area contributed by atoms with Gasteiger partial charge in [0.25, 0.3) is 0 Å². The minimum absolute atomic E-state index is 0.0648. The number of nitrogens with two attached hydrogens (primary N) is 1. The van der Waals surface area contributed by atoms with Crippen LogP contribution in [0.15, 0.2) is 12.5 Å². The van der Waals surface area contributed by atoms with Crippen molar-refractivity contribution in [3.63, 3.8) is 0 Å². The van der Waals surface area contributed by atoms with Gasteiger partial charge in [-0.05, 0) is 25.7 Å². The zero-order valence-corrected chi connectivity index (χ0v) is 11.9. The van der Waals surface area contributed by atoms with E-state index >= 15 is 0 Å². The number of rotatable bonds is 4. The van der Waals surface area contributed by atoms with E-state index in [0.717, 1.165) is 25.7 Å². The Balaban J connectivity index is 1.49. The van der Waals surface area contributed by atoms with Crippen molar-refractivity contribution in [2.24, 2.45) is 11.7 Å². The largest absolute Gasteiger partial charge is 0.381 e. The van der Waals surface area contributed by atoms with Crippen molar-refractivity contribution in [2.75, 3.05) is 26.3 Å². The molecule has 3 heterocycles. The van der Waals surface area contributed by atoms with Crippen molar-refractivity contribution in [2.45, 2.75) is 43.8 Å². The Kier molecular flexibility index (Phi) is 3.28. The molecular formula is C15H24N4O. The van der Waals surface area contributed by atoms with Gasteiger partial charge in [-0.25, -0.2) is 4.98 Å². The third kappa shape index (κ3) is 2.28. The fourth-order valence-electron chi connectivity index (χ4n) is 3.72. The average molecular weight is 276 g/mol. The zero-order valence-electron chi connectivity index (χ0n) is 11.9. The molecule has 20 heavy (non-hydrogen) atoms. The highest BCUT2D eigenvalue weighted by Crippen LogP contribution is 2.35. The summed E-state index contributed by atoms with van der Waals surface area (Å²) >= 11 is 0. The number of hydrogen-bond acceptors (Lipinski definition) is 4. The number of imidazole rings is 1. The van der Waals surface area contributed by atoms with Crippen molar-refractivity contribution in [3.8, 4) is 0 Å². The van der Waals surface area contributed by atoms with E-state index in [0.29, 0.717) is 12.0 Å². The molecule has 2 saturated heterocycles. The second-order valence-electron chi connectivity index (χ2n) is 6.54. The smallest absolute Gasteiger partial charge is 0.0951 e. The number of aromatic nitrogens is 2. The van der Waals surface area contributed by atoms with E-state index in [1.165, 1.54) is 38.0 Å². The lowest BCUT2D eigenvalue weighted by atomic mass is 9.97. The van der Waals surface area contributed by atoms with E-state index in [1.54, 1.807) is 0 Å². The lowest BCUT2D eigenvalue weighted by Crippen LogP contribution is -2.27. The summed E-state index contributed by atoms with van der Waals surface area (Å²) in [5.74, 6) is 0.450. The highest BCUT2D eigenvalue weighted by Gasteiger charge is 2.36. The van der Waals surface area contributed by atoms with Crippen LogP contribution < -0.4 is 5.73 Å². The molecule has 4 rings (SSSR count). The summed E-state index contributed by atoms with van der Waals surface area (Å²) in [5.41, 5.74) is 7.66. The molecule has 0 amide bonds. The molecule has 3 fully saturated rings. The van der Waals surface area contributed by atoms with Gasteiger partial charge in [0, 0.05) is 43.9 Å². The predicted molar refractivity (Wildman–Crippen MR) is 76.3 cm³/mol. The van der Waals surface area contributed by atoms with Crippen molar-refractivity contribution in [1.29, 1.82) is 0 Å². The van der Waals surface area contributed by atoms with Crippen LogP contribution in [0.2, 0.25) is 0 Å². The first kappa shape index (κ1) is 12.8. The third-order valence-corrected chi connectivity index (χ3v) is 5.16. The molecule has 0 radical (unpaired) electrons. The van der Waals surface area contributed by atoms with Crippen LogP contribution >= 0.6 is 0 Å². The van der Waals surface area contributed by atoms with Crippen molar-refractivity contribution >= 4 is 0 Å². The van der Waals surface area contributed by atoms with Gasteiger partial charge in [-0.3, -0.25) is 4.90 Å². The molecule has 2 aliphatic heterocycles. The van der Waals surface area contributed by atoms with Crippen LogP contribution in [0.3, 0.4) is 0 Å². The van der Waals surface area contributed by atoms with Crippen LogP contribution in [0.5, 0.6) is 0 Å². The van der Waals surface area contributed by atoms with Gasteiger partial charge >= 0.3 is 0 Å². The number of likely N-dealkylation sites (tertiary alicyclic amines) is 1. The average Bonchev–Trinajstić information content (AvgIpc) is 2.97. The zero-order chi connectivity index (χ0) is 13.5. The van der Waals surface area contributed by atoms with E-state index < -0.39 is 0 Å². The summed E-state index contributed by atoms with van der Waals surface area (Å²) in [6, 6.07) is 1.49. The molecule has 5 nitrogen and oxygen atoms in total. The highest BCUT2D eigenvalue weighted by molar-refractivity contribution is 5.09. The Morgan fingerprint density at radius 2 is 2.15 bits per heavy atom. The van der Waals surface area contributed by atoms with Crippen LogP contribution in [0.1, 0.15) is 43.5 Å². The SMILES string of the molecule is NC(c1cncn1C1CCN(C2CC2)C1)C1CCOC1. The van der Waals surface area contributed by atoms with Crippen molar-refractivity contribution in [3.05, 3.63) is 18.2 Å². The van der Waals surface area contributed by atoms with Gasteiger partial charge in [-0.2, -0.15) is 0 Å². The quantitative estimate of drug-likeness (QED) is 0.901. The molecule has 0 spiro atoms. The Bertz CT molecular complexity index is 464. The molecule has 1 saturated carbocycles. The van der Waals surface area contributed by atoms with Gasteiger partial charge in [-0.1, -0.05) is 0 Å². The van der Waals surface area contributed by atoms with Crippen molar-refractivity contribution in [1.82, 2.24) is 14.5 Å². The fourth-order valence-corrected chi connectivity index (χ4v) is 3.72. The molecule has 110 valence electrons. The molecule has 1 aromatic rings. The fraction of sp³-hybridized carbons (Fsp3) is 0.800. The molecule has 0 aromatic carbocycles. The van der Waals surface area contributed by atoms with Gasteiger partial charge in [0.2, 0.25) is 0 Å². The summed E-state index contributed by atoms with van der Waals surface area (Å²) in [6.45, 7) is 4.05. The van der Waals surface area contributed by atoms with E-state index in [-0.39, 0.29) is 6.04 Å². The topological polar surface area (TPSA) is 56.3 Å². The Morgan fingerprint density at radius 1 is 1.25 bits per heavy atom. The van der Waals surface area contributed by atoms with Crippen LogP contribution in [-0.4, -0.2) is 46.8 Å². The maximum atomic E-state index is 6.47. The van der Waals surface area contributed by atoms with Gasteiger partial charge in [0.05, 0.1) is 24.7 Å². The Hall–Kier alpha value is -0.910. The molecule has 1 aromatic heterocycles. The van der Waals surface area contributed by atoms with Gasteiger partial charge in [0.1, 0.15) is 0 Å². The maximum absolute atomic E-state index is 6.47. The summed E-state index contributed by atoms with van der Waals surface area (Å²) in [4.78, 5) is 7.01. The van der Waals surface area contributed by atoms with Crippen LogP contribution in [-0.2, 0) is 4.74 Å². The first-order valence-electron chi connectivity index (χ1n) is 7.92. The third-order valence-electron chi connectivity index (χ3n) is 5.16. The molecule has 3 unspecified atom stereocenters. The van der Waals surface area contributed by atoms with Crippen LogP contribution in [0.4, 0.5) is 0 Å². The molecule has 5 heteroatoms. The first-order chi connectivity index (χ1) is 9.83. The van der Waals surface area contributed by atoms with Gasteiger partial charge in [0.15, 0.2) is 0 Å². The molecule has 0 bridgehead atoms. The summed E-state index contributed by atoms with van der Waals surface area (Å²) in [6.07, 6.45) is 9.03. The first-order valence-corrected chi connectivity index (χ1v) is 7.92. The monoisotopic (exact) mass is 276 g/mol. The highest BCUT2D eigenvalue weighted by atomic mass is 16.5. The minimum Gasteiger partial charge on any atom is -0.381 e. The summed E-state index contributed by atoms with van der Waals surface area (Å²) in [7, 11) is 0. The summed E-state index contributed by atoms with van der Waals surface area (Å²) < 4.78 is 7.82. The minimum atomic E-state index is 0.0648. The van der Waals surface area contributed by atoms with E-state index in [1.807, 2.05) is 12.5 Å².